The predicted molar refractivity (Wildman–Crippen MR) is 109 cm³/mol. The van der Waals surface area contributed by atoms with Gasteiger partial charge in [0, 0.05) is 18.9 Å². The lowest BCUT2D eigenvalue weighted by atomic mass is 9.72. The number of hydrogen-bond acceptors (Lipinski definition) is 5. The molecule has 0 bridgehead atoms. The van der Waals surface area contributed by atoms with Crippen LogP contribution < -0.4 is 10.6 Å². The number of methoxy groups -OCH3 is 1. The Kier molecular flexibility index (Phi) is 6.12. The number of oxazole rings is 1. The van der Waals surface area contributed by atoms with Crippen molar-refractivity contribution < 1.29 is 13.9 Å². The Morgan fingerprint density at radius 2 is 2.07 bits per heavy atom. The first-order valence-electron chi connectivity index (χ1n) is 9.71. The van der Waals surface area contributed by atoms with Gasteiger partial charge in [-0.1, -0.05) is 31.2 Å². The normalized spacial score (nSPS) is 22.5. The van der Waals surface area contributed by atoms with Gasteiger partial charge in [-0.3, -0.25) is 4.79 Å². The van der Waals surface area contributed by atoms with E-state index in [2.05, 4.69) is 33.8 Å². The van der Waals surface area contributed by atoms with Gasteiger partial charge in [0.2, 0.25) is 5.76 Å². The Hall–Kier alpha value is -1.89. The summed E-state index contributed by atoms with van der Waals surface area (Å²) in [6.07, 6.45) is 2.55. The monoisotopic (exact) mass is 405 g/mol. The zero-order valence-corrected chi connectivity index (χ0v) is 17.4. The van der Waals surface area contributed by atoms with Gasteiger partial charge in [-0.25, -0.2) is 4.98 Å². The number of fused-ring (bicyclic) bond motifs is 2. The van der Waals surface area contributed by atoms with Crippen molar-refractivity contribution in [2.45, 2.75) is 50.7 Å². The molecule has 1 aromatic heterocycles. The molecule has 28 heavy (non-hydrogen) atoms. The van der Waals surface area contributed by atoms with E-state index in [0.29, 0.717) is 23.8 Å². The molecular weight excluding hydrogens is 378 g/mol. The minimum absolute atomic E-state index is 0. The van der Waals surface area contributed by atoms with Crippen LogP contribution in [0.25, 0.3) is 0 Å². The Morgan fingerprint density at radius 1 is 1.36 bits per heavy atom. The molecule has 1 saturated heterocycles. The van der Waals surface area contributed by atoms with Crippen molar-refractivity contribution in [2.24, 2.45) is 0 Å². The van der Waals surface area contributed by atoms with Gasteiger partial charge in [-0.05, 0) is 44.0 Å². The topological polar surface area (TPSA) is 76.4 Å². The fraction of sp³-hybridized carbons (Fsp3) is 0.524. The van der Waals surface area contributed by atoms with Gasteiger partial charge in [0.25, 0.3) is 5.91 Å². The van der Waals surface area contributed by atoms with Gasteiger partial charge >= 0.3 is 0 Å². The minimum Gasteiger partial charge on any atom is -0.435 e. The number of carbonyl (C=O) groups is 1. The van der Waals surface area contributed by atoms with E-state index in [-0.39, 0.29) is 35.9 Å². The Morgan fingerprint density at radius 3 is 2.71 bits per heavy atom. The Bertz CT molecular complexity index is 845. The number of ether oxygens (including phenoxy) is 1. The number of benzene rings is 1. The smallest absolute Gasteiger partial charge is 0.289 e. The molecule has 2 atom stereocenters. The van der Waals surface area contributed by atoms with Crippen LogP contribution in [-0.4, -0.2) is 37.2 Å². The molecule has 152 valence electrons. The van der Waals surface area contributed by atoms with Crippen LogP contribution in [0.4, 0.5) is 0 Å². The highest BCUT2D eigenvalue weighted by molar-refractivity contribution is 5.93. The Balaban J connectivity index is 0.00000225. The molecule has 0 saturated carbocycles. The fourth-order valence-electron chi connectivity index (χ4n) is 4.82. The second-order valence-electron chi connectivity index (χ2n) is 7.48. The number of nitrogens with one attached hydrogen (secondary N) is 2. The summed E-state index contributed by atoms with van der Waals surface area (Å²) in [5, 5.41) is 6.63. The van der Waals surface area contributed by atoms with Gasteiger partial charge in [-0.2, -0.15) is 0 Å². The van der Waals surface area contributed by atoms with Crippen molar-refractivity contribution in [1.82, 2.24) is 15.6 Å². The molecule has 6 nitrogen and oxygen atoms in total. The molecular formula is C21H28ClN3O3. The average molecular weight is 406 g/mol. The number of amides is 1. The lowest BCUT2D eigenvalue weighted by Gasteiger charge is -2.40. The van der Waals surface area contributed by atoms with E-state index in [9.17, 15) is 4.79 Å². The van der Waals surface area contributed by atoms with Crippen LogP contribution in [0.2, 0.25) is 0 Å². The minimum atomic E-state index is -0.229. The van der Waals surface area contributed by atoms with Crippen LogP contribution in [0.3, 0.4) is 0 Å². The van der Waals surface area contributed by atoms with Gasteiger partial charge < -0.3 is 19.8 Å². The maximum absolute atomic E-state index is 13.0. The van der Waals surface area contributed by atoms with Gasteiger partial charge in [-0.15, -0.1) is 12.4 Å². The fourth-order valence-corrected chi connectivity index (χ4v) is 4.82. The molecule has 2 N–H and O–H groups in total. The number of aryl methyl sites for hydroxylation is 2. The molecule has 2 aromatic rings. The first kappa shape index (κ1) is 20.8. The van der Waals surface area contributed by atoms with Crippen LogP contribution >= 0.6 is 12.4 Å². The first-order chi connectivity index (χ1) is 13.1. The van der Waals surface area contributed by atoms with Crippen LogP contribution in [0.5, 0.6) is 0 Å². The summed E-state index contributed by atoms with van der Waals surface area (Å²) in [6, 6.07) is 8.20. The molecule has 1 spiro atoms. The maximum atomic E-state index is 13.0. The summed E-state index contributed by atoms with van der Waals surface area (Å²) in [7, 11) is 1.74. The number of nitrogens with zero attached hydrogens (tertiary/aromatic N) is 1. The van der Waals surface area contributed by atoms with E-state index in [4.69, 9.17) is 9.15 Å². The van der Waals surface area contributed by atoms with E-state index in [0.717, 1.165) is 31.5 Å². The molecule has 1 amide bonds. The highest BCUT2D eigenvalue weighted by Crippen LogP contribution is 2.51. The number of rotatable bonds is 4. The molecule has 2 heterocycles. The molecule has 0 unspecified atom stereocenters. The zero-order chi connectivity index (χ0) is 19.0. The molecule has 4 rings (SSSR count). The second kappa shape index (κ2) is 8.23. The highest BCUT2D eigenvalue weighted by Gasteiger charge is 2.53. The third-order valence-corrected chi connectivity index (χ3v) is 6.07. The molecule has 0 radical (unpaired) electrons. The number of piperidine rings is 1. The molecule has 2 aliphatic rings. The Labute approximate surface area is 171 Å². The summed E-state index contributed by atoms with van der Waals surface area (Å²) in [6.45, 7) is 5.68. The van der Waals surface area contributed by atoms with Gasteiger partial charge in [0.15, 0.2) is 5.89 Å². The lowest BCUT2D eigenvalue weighted by molar-refractivity contribution is 0.00369. The summed E-state index contributed by atoms with van der Waals surface area (Å²) in [5.74, 6) is 0.653. The van der Waals surface area contributed by atoms with Crippen molar-refractivity contribution in [2.75, 3.05) is 20.2 Å². The van der Waals surface area contributed by atoms with Crippen molar-refractivity contribution in [1.29, 1.82) is 0 Å². The average Bonchev–Trinajstić information content (AvgIpc) is 3.19. The van der Waals surface area contributed by atoms with Crippen LogP contribution in [0.15, 0.2) is 28.7 Å². The predicted octanol–water partition coefficient (Wildman–Crippen LogP) is 3.09. The van der Waals surface area contributed by atoms with Crippen molar-refractivity contribution in [3.63, 3.8) is 0 Å². The molecule has 1 aromatic carbocycles. The second-order valence-corrected chi connectivity index (χ2v) is 7.48. The van der Waals surface area contributed by atoms with E-state index in [1.54, 1.807) is 7.11 Å². The SMILES string of the molecule is CCc1nc(C)c(C(=O)N[C@@H]2c3ccccc3C3(CCNCC3)[C@H]2OC)o1.Cl. The highest BCUT2D eigenvalue weighted by atomic mass is 35.5. The quantitative estimate of drug-likeness (QED) is 0.817. The first-order valence-corrected chi connectivity index (χ1v) is 9.71. The van der Waals surface area contributed by atoms with Crippen molar-refractivity contribution >= 4 is 18.3 Å². The number of aromatic nitrogens is 1. The lowest BCUT2D eigenvalue weighted by Crippen LogP contribution is -2.49. The maximum Gasteiger partial charge on any atom is 0.289 e. The third kappa shape index (κ3) is 3.23. The molecule has 7 heteroatoms. The molecule has 1 fully saturated rings. The molecule has 1 aliphatic carbocycles. The van der Waals surface area contributed by atoms with Crippen molar-refractivity contribution in [3.05, 3.63) is 52.7 Å². The molecule has 1 aliphatic heterocycles. The third-order valence-electron chi connectivity index (χ3n) is 6.07. The summed E-state index contributed by atoms with van der Waals surface area (Å²) in [5.41, 5.74) is 3.00. The van der Waals surface area contributed by atoms with Gasteiger partial charge in [0.05, 0.1) is 17.8 Å². The van der Waals surface area contributed by atoms with E-state index in [1.165, 1.54) is 5.56 Å². The van der Waals surface area contributed by atoms with Gasteiger partial charge in [0.1, 0.15) is 0 Å². The summed E-state index contributed by atoms with van der Waals surface area (Å²) < 4.78 is 11.7. The number of hydrogen-bond donors (Lipinski definition) is 2. The summed E-state index contributed by atoms with van der Waals surface area (Å²) in [4.78, 5) is 17.3. The van der Waals surface area contributed by atoms with E-state index in [1.807, 2.05) is 19.9 Å². The number of carbonyl (C=O) groups excluding carboxylic acids is 1. The van der Waals surface area contributed by atoms with Crippen LogP contribution in [-0.2, 0) is 16.6 Å². The van der Waals surface area contributed by atoms with Crippen molar-refractivity contribution in [3.8, 4) is 0 Å². The van der Waals surface area contributed by atoms with Crippen LogP contribution in [0.1, 0.15) is 59.1 Å². The largest absolute Gasteiger partial charge is 0.435 e. The summed E-state index contributed by atoms with van der Waals surface area (Å²) >= 11 is 0. The standard InChI is InChI=1S/C21H27N3O3.ClH/c1-4-16-23-13(2)18(27-16)20(25)24-17-14-7-5-6-8-15(14)21(19(17)26-3)9-11-22-12-10-21;/h5-8,17,19,22H,4,9-12H2,1-3H3,(H,24,25);1H/t17-,19+;/m1./s1. The number of halogens is 1. The van der Waals surface area contributed by atoms with Crippen LogP contribution in [0, 0.1) is 6.92 Å². The zero-order valence-electron chi connectivity index (χ0n) is 16.6. The van der Waals surface area contributed by atoms with E-state index >= 15 is 0 Å². The van der Waals surface area contributed by atoms with E-state index < -0.39 is 0 Å².